The van der Waals surface area contributed by atoms with Crippen molar-refractivity contribution in [2.45, 2.75) is 41.6 Å². The van der Waals surface area contributed by atoms with E-state index in [0.29, 0.717) is 12.3 Å². The van der Waals surface area contributed by atoms with E-state index < -0.39 is 0 Å². The van der Waals surface area contributed by atoms with Crippen LogP contribution in [0.2, 0.25) is 0 Å². The molecule has 0 saturated carbocycles. The lowest BCUT2D eigenvalue weighted by atomic mass is 9.88. The van der Waals surface area contributed by atoms with Crippen LogP contribution in [0.5, 0.6) is 0 Å². The van der Waals surface area contributed by atoms with Crippen LogP contribution in [-0.4, -0.2) is 41.0 Å². The van der Waals surface area contributed by atoms with Crippen LogP contribution >= 0.6 is 11.8 Å². The van der Waals surface area contributed by atoms with Crippen LogP contribution in [0, 0.1) is 0 Å². The summed E-state index contributed by atoms with van der Waals surface area (Å²) >= 11 is 1.66. The van der Waals surface area contributed by atoms with Gasteiger partial charge in [0.2, 0.25) is 0 Å². The fourth-order valence-corrected chi connectivity index (χ4v) is 5.34. The predicted octanol–water partition coefficient (Wildman–Crippen LogP) is 4.78. The van der Waals surface area contributed by atoms with E-state index in [1.807, 2.05) is 6.07 Å². The van der Waals surface area contributed by atoms with E-state index in [1.165, 1.54) is 23.1 Å². The molecule has 3 heterocycles. The van der Waals surface area contributed by atoms with Crippen LogP contribution in [0.4, 0.5) is 11.5 Å². The zero-order chi connectivity index (χ0) is 21.9. The Bertz CT molecular complexity index is 1130. The van der Waals surface area contributed by atoms with Gasteiger partial charge >= 0.3 is 5.97 Å². The molecule has 7 heteroatoms. The number of carbonyl (C=O) groups is 1. The quantitative estimate of drug-likeness (QED) is 0.443. The van der Waals surface area contributed by atoms with Gasteiger partial charge in [0.1, 0.15) is 5.03 Å². The Kier molecular flexibility index (Phi) is 6.10. The van der Waals surface area contributed by atoms with Gasteiger partial charge in [-0.1, -0.05) is 42.1 Å². The topological polar surface area (TPSA) is 67.3 Å². The maximum atomic E-state index is 11.6. The summed E-state index contributed by atoms with van der Waals surface area (Å²) in [6.07, 6.45) is 6.04. The summed E-state index contributed by atoms with van der Waals surface area (Å²) in [4.78, 5) is 24.1. The van der Waals surface area contributed by atoms with Gasteiger partial charge in [-0.15, -0.1) is 0 Å². The van der Waals surface area contributed by atoms with E-state index in [1.54, 1.807) is 24.2 Å². The van der Waals surface area contributed by atoms with Crippen molar-refractivity contribution in [3.8, 4) is 0 Å². The highest BCUT2D eigenvalue weighted by Gasteiger charge is 2.22. The highest BCUT2D eigenvalue weighted by molar-refractivity contribution is 7.99. The molecule has 2 aliphatic rings. The number of methoxy groups -OCH3 is 1. The van der Waals surface area contributed by atoms with Crippen molar-refractivity contribution in [1.82, 2.24) is 14.9 Å². The molecule has 1 fully saturated rings. The fraction of sp³-hybridized carbons (Fsp3) is 0.320. The lowest BCUT2D eigenvalue weighted by Gasteiger charge is -2.32. The van der Waals surface area contributed by atoms with Crippen LogP contribution in [0.25, 0.3) is 0 Å². The van der Waals surface area contributed by atoms with E-state index >= 15 is 0 Å². The molecule has 2 aliphatic heterocycles. The average Bonchev–Trinajstić information content (AvgIpc) is 2.83. The van der Waals surface area contributed by atoms with E-state index in [2.05, 4.69) is 56.6 Å². The number of piperidine rings is 1. The number of esters is 1. The number of benzene rings is 2. The number of nitrogens with zero attached hydrogens (tertiary/aromatic N) is 3. The van der Waals surface area contributed by atoms with Crippen molar-refractivity contribution in [2.75, 3.05) is 25.5 Å². The maximum Gasteiger partial charge on any atom is 0.309 e. The molecule has 3 aromatic rings. The Labute approximate surface area is 192 Å². The third-order valence-corrected chi connectivity index (χ3v) is 7.23. The van der Waals surface area contributed by atoms with Gasteiger partial charge in [-0.3, -0.25) is 9.69 Å². The SMILES string of the molecule is COC(=O)Cc1cccc(C2CCN(Cc3ccc4c(c3)Nc3nccnc3S4)CC2)c1. The first-order chi connectivity index (χ1) is 15.7. The van der Waals surface area contributed by atoms with Crippen molar-refractivity contribution in [3.63, 3.8) is 0 Å². The molecule has 164 valence electrons. The molecule has 6 nitrogen and oxygen atoms in total. The van der Waals surface area contributed by atoms with Gasteiger partial charge < -0.3 is 10.1 Å². The Morgan fingerprint density at radius 1 is 1.12 bits per heavy atom. The molecule has 0 radical (unpaired) electrons. The minimum absolute atomic E-state index is 0.189. The number of anilines is 2. The lowest BCUT2D eigenvalue weighted by molar-refractivity contribution is -0.139. The minimum Gasteiger partial charge on any atom is -0.469 e. The van der Waals surface area contributed by atoms with Gasteiger partial charge in [-0.05, 0) is 60.7 Å². The maximum absolute atomic E-state index is 11.6. The molecule has 5 rings (SSSR count). The van der Waals surface area contributed by atoms with Gasteiger partial charge in [-0.2, -0.15) is 0 Å². The second kappa shape index (κ2) is 9.30. The van der Waals surface area contributed by atoms with Crippen molar-refractivity contribution >= 4 is 29.2 Å². The predicted molar refractivity (Wildman–Crippen MR) is 125 cm³/mol. The number of hydrogen-bond acceptors (Lipinski definition) is 7. The van der Waals surface area contributed by atoms with E-state index in [0.717, 1.165) is 54.6 Å². The van der Waals surface area contributed by atoms with Gasteiger partial charge in [0, 0.05) is 23.8 Å². The highest BCUT2D eigenvalue weighted by Crippen LogP contribution is 2.42. The zero-order valence-corrected chi connectivity index (χ0v) is 18.9. The second-order valence-electron chi connectivity index (χ2n) is 8.32. The van der Waals surface area contributed by atoms with Crippen molar-refractivity contribution < 1.29 is 9.53 Å². The van der Waals surface area contributed by atoms with Crippen LogP contribution in [-0.2, 0) is 22.5 Å². The van der Waals surface area contributed by atoms with Crippen LogP contribution in [0.3, 0.4) is 0 Å². The second-order valence-corrected chi connectivity index (χ2v) is 9.35. The lowest BCUT2D eigenvalue weighted by Crippen LogP contribution is -2.32. The summed E-state index contributed by atoms with van der Waals surface area (Å²) in [7, 11) is 1.44. The molecule has 0 spiro atoms. The number of aromatic nitrogens is 2. The van der Waals surface area contributed by atoms with E-state index in [4.69, 9.17) is 4.74 Å². The standard InChI is InChI=1S/C25H26N4O2S/c1-31-23(30)15-17-3-2-4-20(13-17)19-7-11-29(12-8-19)16-18-5-6-22-21(14-18)28-24-25(32-22)27-10-9-26-24/h2-6,9-10,13-14,19H,7-8,11-12,15-16H2,1H3,(H,26,28). The molecule has 2 aromatic carbocycles. The summed E-state index contributed by atoms with van der Waals surface area (Å²) in [5, 5.41) is 4.35. The molecular formula is C25H26N4O2S. The average molecular weight is 447 g/mol. The van der Waals surface area contributed by atoms with Crippen molar-refractivity contribution in [3.05, 3.63) is 71.5 Å². The zero-order valence-electron chi connectivity index (χ0n) is 18.1. The van der Waals surface area contributed by atoms with Crippen LogP contribution in [0.15, 0.2) is 64.8 Å². The first-order valence-electron chi connectivity index (χ1n) is 10.9. The summed E-state index contributed by atoms with van der Waals surface area (Å²) in [6, 6.07) is 15.1. The van der Waals surface area contributed by atoms with Crippen LogP contribution in [0.1, 0.15) is 35.4 Å². The van der Waals surface area contributed by atoms with E-state index in [9.17, 15) is 4.79 Å². The highest BCUT2D eigenvalue weighted by atomic mass is 32.2. The molecule has 1 saturated heterocycles. The first kappa shape index (κ1) is 21.0. The molecule has 1 aromatic heterocycles. The number of carbonyl (C=O) groups excluding carboxylic acids is 1. The van der Waals surface area contributed by atoms with Crippen molar-refractivity contribution in [2.24, 2.45) is 0 Å². The number of ether oxygens (including phenoxy) is 1. The summed E-state index contributed by atoms with van der Waals surface area (Å²) < 4.78 is 4.80. The minimum atomic E-state index is -0.189. The number of hydrogen-bond donors (Lipinski definition) is 1. The van der Waals surface area contributed by atoms with Crippen molar-refractivity contribution in [1.29, 1.82) is 0 Å². The normalized spacial score (nSPS) is 16.0. The van der Waals surface area contributed by atoms with E-state index in [-0.39, 0.29) is 5.97 Å². The summed E-state index contributed by atoms with van der Waals surface area (Å²) in [5.41, 5.74) is 4.78. The van der Waals surface area contributed by atoms with Gasteiger partial charge in [-0.25, -0.2) is 9.97 Å². The molecular weight excluding hydrogens is 420 g/mol. The van der Waals surface area contributed by atoms with Crippen LogP contribution < -0.4 is 5.32 Å². The molecule has 0 unspecified atom stereocenters. The summed E-state index contributed by atoms with van der Waals surface area (Å²) in [5.74, 6) is 1.18. The molecule has 0 bridgehead atoms. The number of fused-ring (bicyclic) bond motifs is 2. The molecule has 0 aliphatic carbocycles. The molecule has 0 amide bonds. The largest absolute Gasteiger partial charge is 0.469 e. The monoisotopic (exact) mass is 446 g/mol. The van der Waals surface area contributed by atoms with Gasteiger partial charge in [0.25, 0.3) is 0 Å². The smallest absolute Gasteiger partial charge is 0.309 e. The fourth-order valence-electron chi connectivity index (χ4n) is 4.46. The number of rotatable bonds is 5. The number of nitrogens with one attached hydrogen (secondary N) is 1. The Morgan fingerprint density at radius 3 is 2.81 bits per heavy atom. The Hall–Kier alpha value is -2.90. The Balaban J connectivity index is 1.19. The summed E-state index contributed by atoms with van der Waals surface area (Å²) in [6.45, 7) is 3.08. The third kappa shape index (κ3) is 4.64. The van der Waals surface area contributed by atoms with Gasteiger partial charge in [0.15, 0.2) is 5.82 Å². The van der Waals surface area contributed by atoms with Gasteiger partial charge in [0.05, 0.1) is 19.2 Å². The molecule has 32 heavy (non-hydrogen) atoms. The third-order valence-electron chi connectivity index (χ3n) is 6.16. The first-order valence-corrected chi connectivity index (χ1v) is 11.8. The number of likely N-dealkylation sites (tertiary alicyclic amines) is 1. The Morgan fingerprint density at radius 2 is 1.97 bits per heavy atom. The molecule has 1 N–H and O–H groups in total. The molecule has 0 atom stereocenters.